The molecule has 5 heteroatoms. The van der Waals surface area contributed by atoms with Crippen LogP contribution >= 0.6 is 12.4 Å². The highest BCUT2D eigenvalue weighted by Crippen LogP contribution is 2.33. The van der Waals surface area contributed by atoms with E-state index in [-0.39, 0.29) is 30.5 Å². The van der Waals surface area contributed by atoms with E-state index in [9.17, 15) is 4.79 Å². The summed E-state index contributed by atoms with van der Waals surface area (Å²) in [6.07, 6.45) is 0. The van der Waals surface area contributed by atoms with Gasteiger partial charge in [0.2, 0.25) is 6.79 Å². The van der Waals surface area contributed by atoms with Crippen LogP contribution in [0.25, 0.3) is 0 Å². The number of carbonyl (C=O) groups excluding carboxylic acids is 1. The molecule has 0 bridgehead atoms. The predicted octanol–water partition coefficient (Wildman–Crippen LogP) is 4.32. The zero-order valence-corrected chi connectivity index (χ0v) is 15.6. The van der Waals surface area contributed by atoms with E-state index in [2.05, 4.69) is 25.7 Å². The van der Waals surface area contributed by atoms with Gasteiger partial charge in [0.15, 0.2) is 17.3 Å². The normalized spacial score (nSPS) is 12.8. The summed E-state index contributed by atoms with van der Waals surface area (Å²) in [5.41, 5.74) is 1.73. The highest BCUT2D eigenvalue weighted by atomic mass is 35.5. The molecule has 0 saturated carbocycles. The Morgan fingerprint density at radius 2 is 1.72 bits per heavy atom. The fourth-order valence-corrected chi connectivity index (χ4v) is 2.68. The molecule has 4 nitrogen and oxygen atoms in total. The lowest BCUT2D eigenvalue weighted by molar-refractivity contribution is 0.0793. The summed E-state index contributed by atoms with van der Waals surface area (Å²) >= 11 is 0. The average molecular weight is 362 g/mol. The molecule has 0 amide bonds. The Labute approximate surface area is 155 Å². The second kappa shape index (κ2) is 7.89. The molecule has 1 aliphatic rings. The first-order chi connectivity index (χ1) is 11.4. The van der Waals surface area contributed by atoms with Gasteiger partial charge in [-0.3, -0.25) is 9.69 Å². The number of Topliss-reactive ketones (excluding diaryl/α,β-unsaturated/α-hetero) is 1. The van der Waals surface area contributed by atoms with E-state index in [1.807, 2.05) is 48.5 Å². The first-order valence-corrected chi connectivity index (χ1v) is 8.15. The molecule has 1 heterocycles. The summed E-state index contributed by atoms with van der Waals surface area (Å²) in [6, 6.07) is 15.4. The van der Waals surface area contributed by atoms with Gasteiger partial charge in [-0.25, -0.2) is 0 Å². The van der Waals surface area contributed by atoms with Crippen LogP contribution in [0.2, 0.25) is 0 Å². The van der Waals surface area contributed by atoms with E-state index in [4.69, 9.17) is 9.47 Å². The maximum atomic E-state index is 12.6. The van der Waals surface area contributed by atoms with E-state index in [1.54, 1.807) is 0 Å². The molecular formula is C20H24ClNO3. The zero-order valence-electron chi connectivity index (χ0n) is 14.8. The number of carbonyl (C=O) groups is 1. The third kappa shape index (κ3) is 4.74. The summed E-state index contributed by atoms with van der Waals surface area (Å²) in [5.74, 6) is 1.68. The topological polar surface area (TPSA) is 38.8 Å². The van der Waals surface area contributed by atoms with Gasteiger partial charge in [-0.15, -0.1) is 12.4 Å². The number of ether oxygens (including phenoxy) is 2. The first-order valence-electron chi connectivity index (χ1n) is 8.15. The van der Waals surface area contributed by atoms with E-state index in [0.717, 1.165) is 22.6 Å². The second-order valence-corrected chi connectivity index (χ2v) is 7.00. The third-order valence-corrected chi connectivity index (χ3v) is 4.19. The maximum absolute atomic E-state index is 12.6. The molecule has 2 aromatic rings. The minimum absolute atomic E-state index is 0. The Morgan fingerprint density at radius 1 is 1.04 bits per heavy atom. The van der Waals surface area contributed by atoms with Crippen molar-refractivity contribution in [2.75, 3.05) is 13.3 Å². The number of rotatable bonds is 5. The van der Waals surface area contributed by atoms with Crippen molar-refractivity contribution >= 4 is 18.2 Å². The van der Waals surface area contributed by atoms with Gasteiger partial charge in [0.05, 0.1) is 6.54 Å². The molecule has 0 radical (unpaired) electrons. The van der Waals surface area contributed by atoms with Crippen LogP contribution in [-0.4, -0.2) is 29.6 Å². The third-order valence-electron chi connectivity index (χ3n) is 4.19. The molecule has 3 rings (SSSR count). The summed E-state index contributed by atoms with van der Waals surface area (Å²) in [4.78, 5) is 14.8. The van der Waals surface area contributed by atoms with Crippen LogP contribution in [0.1, 0.15) is 36.7 Å². The molecule has 0 N–H and O–H groups in total. The number of hydrogen-bond donors (Lipinski definition) is 0. The van der Waals surface area contributed by atoms with Crippen molar-refractivity contribution < 1.29 is 14.3 Å². The lowest BCUT2D eigenvalue weighted by atomic mass is 10.0. The average Bonchev–Trinajstić information content (AvgIpc) is 3.02. The van der Waals surface area contributed by atoms with Crippen molar-refractivity contribution in [2.45, 2.75) is 32.9 Å². The highest BCUT2D eigenvalue weighted by molar-refractivity contribution is 5.97. The highest BCUT2D eigenvalue weighted by Gasteiger charge is 2.25. The van der Waals surface area contributed by atoms with Gasteiger partial charge in [-0.2, -0.15) is 0 Å². The molecule has 1 aliphatic heterocycles. The van der Waals surface area contributed by atoms with Crippen LogP contribution in [0, 0.1) is 0 Å². The van der Waals surface area contributed by atoms with Crippen molar-refractivity contribution in [3.63, 3.8) is 0 Å². The largest absolute Gasteiger partial charge is 0.454 e. The quantitative estimate of drug-likeness (QED) is 0.743. The van der Waals surface area contributed by atoms with Crippen LogP contribution in [-0.2, 0) is 6.54 Å². The van der Waals surface area contributed by atoms with Crippen LogP contribution in [0.5, 0.6) is 11.5 Å². The molecular weight excluding hydrogens is 338 g/mol. The number of fused-ring (bicyclic) bond motifs is 1. The van der Waals surface area contributed by atoms with Gasteiger partial charge in [-0.1, -0.05) is 36.4 Å². The standard InChI is InChI=1S/C20H23NO3.ClH/c1-20(2,3)21(13-17(22)16-7-5-4-6-8-16)12-15-9-10-18-19(11-15)24-14-23-18;/h4-11H,12-14H2,1-3H3;1H. The number of hydrogen-bond acceptors (Lipinski definition) is 4. The molecule has 0 unspecified atom stereocenters. The number of halogens is 1. The number of benzene rings is 2. The fraction of sp³-hybridized carbons (Fsp3) is 0.350. The number of ketones is 1. The van der Waals surface area contributed by atoms with Gasteiger partial charge in [0.25, 0.3) is 0 Å². The molecule has 2 aromatic carbocycles. The molecule has 0 fully saturated rings. The molecule has 0 aliphatic carbocycles. The van der Waals surface area contributed by atoms with Crippen LogP contribution < -0.4 is 9.47 Å². The number of nitrogens with zero attached hydrogens (tertiary/aromatic N) is 1. The van der Waals surface area contributed by atoms with Crippen molar-refractivity contribution in [1.82, 2.24) is 4.90 Å². The Morgan fingerprint density at radius 3 is 2.40 bits per heavy atom. The minimum atomic E-state index is -0.124. The van der Waals surface area contributed by atoms with Crippen molar-refractivity contribution in [3.05, 3.63) is 59.7 Å². The first kappa shape index (κ1) is 19.3. The van der Waals surface area contributed by atoms with Crippen molar-refractivity contribution in [1.29, 1.82) is 0 Å². The predicted molar refractivity (Wildman–Crippen MR) is 101 cm³/mol. The van der Waals surface area contributed by atoms with Gasteiger partial charge < -0.3 is 9.47 Å². The fourth-order valence-electron chi connectivity index (χ4n) is 2.68. The van der Waals surface area contributed by atoms with Crippen molar-refractivity contribution in [3.8, 4) is 11.5 Å². The van der Waals surface area contributed by atoms with Crippen LogP contribution in [0.15, 0.2) is 48.5 Å². The maximum Gasteiger partial charge on any atom is 0.231 e. The van der Waals surface area contributed by atoms with Crippen LogP contribution in [0.4, 0.5) is 0 Å². The summed E-state index contributed by atoms with van der Waals surface area (Å²) in [7, 11) is 0. The molecule has 25 heavy (non-hydrogen) atoms. The van der Waals surface area contributed by atoms with Gasteiger partial charge in [0.1, 0.15) is 0 Å². The second-order valence-electron chi connectivity index (χ2n) is 7.00. The van der Waals surface area contributed by atoms with E-state index in [0.29, 0.717) is 13.1 Å². The Bertz CT molecular complexity index is 725. The van der Waals surface area contributed by atoms with Gasteiger partial charge >= 0.3 is 0 Å². The smallest absolute Gasteiger partial charge is 0.231 e. The van der Waals surface area contributed by atoms with E-state index in [1.165, 1.54) is 0 Å². The van der Waals surface area contributed by atoms with E-state index >= 15 is 0 Å². The molecule has 0 spiro atoms. The Kier molecular flexibility index (Phi) is 6.09. The zero-order chi connectivity index (χ0) is 17.2. The summed E-state index contributed by atoms with van der Waals surface area (Å²) in [5, 5.41) is 0. The van der Waals surface area contributed by atoms with Gasteiger partial charge in [-0.05, 0) is 38.5 Å². The monoisotopic (exact) mass is 361 g/mol. The van der Waals surface area contributed by atoms with Crippen molar-refractivity contribution in [2.24, 2.45) is 0 Å². The lowest BCUT2D eigenvalue weighted by Crippen LogP contribution is -2.43. The minimum Gasteiger partial charge on any atom is -0.454 e. The SMILES string of the molecule is CC(C)(C)N(CC(=O)c1ccccc1)Cc1ccc2c(c1)OCO2.Cl. The van der Waals surface area contributed by atoms with Crippen LogP contribution in [0.3, 0.4) is 0 Å². The summed E-state index contributed by atoms with van der Waals surface area (Å²) < 4.78 is 10.8. The summed E-state index contributed by atoms with van der Waals surface area (Å²) in [6.45, 7) is 7.70. The van der Waals surface area contributed by atoms with E-state index < -0.39 is 0 Å². The molecule has 134 valence electrons. The molecule has 0 atom stereocenters. The Balaban J connectivity index is 0.00000225. The lowest BCUT2D eigenvalue weighted by Gasteiger charge is -2.35. The molecule has 0 aromatic heterocycles. The molecule has 0 saturated heterocycles. The Hall–Kier alpha value is -2.04. The van der Waals surface area contributed by atoms with Gasteiger partial charge in [0, 0.05) is 17.6 Å².